The van der Waals surface area contributed by atoms with Crippen molar-refractivity contribution in [1.82, 2.24) is 5.32 Å². The van der Waals surface area contributed by atoms with E-state index in [4.69, 9.17) is 5.73 Å². The predicted molar refractivity (Wildman–Crippen MR) is 82.1 cm³/mol. The van der Waals surface area contributed by atoms with E-state index in [0.29, 0.717) is 23.2 Å². The molecular formula is C14H19N3O2S. The van der Waals surface area contributed by atoms with Gasteiger partial charge in [-0.1, -0.05) is 6.07 Å². The highest BCUT2D eigenvalue weighted by atomic mass is 32.2. The lowest BCUT2D eigenvalue weighted by atomic mass is 10.1. The fraction of sp³-hybridized carbons (Fsp3) is 0.429. The summed E-state index contributed by atoms with van der Waals surface area (Å²) < 4.78 is 0. The van der Waals surface area contributed by atoms with Gasteiger partial charge in [-0.3, -0.25) is 9.59 Å². The second-order valence-corrected chi connectivity index (χ2v) is 5.97. The number of carbonyl (C=O) groups is 2. The molecule has 2 amide bonds. The molecule has 0 spiro atoms. The lowest BCUT2D eigenvalue weighted by molar-refractivity contribution is -0.116. The van der Waals surface area contributed by atoms with Crippen molar-refractivity contribution in [2.45, 2.75) is 19.4 Å². The third-order valence-electron chi connectivity index (χ3n) is 3.30. The Morgan fingerprint density at radius 3 is 2.95 bits per heavy atom. The van der Waals surface area contributed by atoms with E-state index in [1.165, 1.54) is 0 Å². The van der Waals surface area contributed by atoms with Crippen molar-refractivity contribution in [2.24, 2.45) is 5.73 Å². The van der Waals surface area contributed by atoms with Crippen LogP contribution in [0.1, 0.15) is 22.3 Å². The lowest BCUT2D eigenvalue weighted by Crippen LogP contribution is -2.40. The maximum absolute atomic E-state index is 12.0. The van der Waals surface area contributed by atoms with Gasteiger partial charge in [0.2, 0.25) is 11.8 Å². The van der Waals surface area contributed by atoms with Crippen LogP contribution in [0.25, 0.3) is 0 Å². The van der Waals surface area contributed by atoms with Gasteiger partial charge in [-0.05, 0) is 24.6 Å². The van der Waals surface area contributed by atoms with Crippen LogP contribution < -0.4 is 16.4 Å². The van der Waals surface area contributed by atoms with Crippen LogP contribution in [0.3, 0.4) is 0 Å². The molecule has 1 aliphatic rings. The second-order valence-electron chi connectivity index (χ2n) is 4.82. The van der Waals surface area contributed by atoms with Gasteiger partial charge in [-0.15, -0.1) is 0 Å². The number of carbonyl (C=O) groups excluding carboxylic acids is 2. The third kappa shape index (κ3) is 3.74. The predicted octanol–water partition coefficient (Wildman–Crippen LogP) is 1.13. The lowest BCUT2D eigenvalue weighted by Gasteiger charge is -2.22. The number of primary amides is 1. The Morgan fingerprint density at radius 1 is 1.50 bits per heavy atom. The highest BCUT2D eigenvalue weighted by Gasteiger charge is 2.17. The van der Waals surface area contributed by atoms with Gasteiger partial charge in [-0.2, -0.15) is 11.8 Å². The summed E-state index contributed by atoms with van der Waals surface area (Å²) in [6.45, 7) is 2.73. The van der Waals surface area contributed by atoms with E-state index >= 15 is 0 Å². The molecule has 1 saturated heterocycles. The maximum atomic E-state index is 12.0. The molecule has 1 unspecified atom stereocenters. The molecule has 5 nitrogen and oxygen atoms in total. The van der Waals surface area contributed by atoms with Gasteiger partial charge in [0.05, 0.1) is 0 Å². The van der Waals surface area contributed by atoms with E-state index in [1.807, 2.05) is 11.8 Å². The molecule has 0 aliphatic carbocycles. The van der Waals surface area contributed by atoms with Crippen LogP contribution in [0.2, 0.25) is 0 Å². The summed E-state index contributed by atoms with van der Waals surface area (Å²) >= 11 is 1.86. The number of hydrogen-bond donors (Lipinski definition) is 3. The first-order valence-corrected chi connectivity index (χ1v) is 7.74. The standard InChI is InChI=1S/C14H19N3O2S/c1-9-11(14(15)19)3-2-4-12(9)17-13(18)7-10-8-20-6-5-16-10/h2-4,10,16H,5-8H2,1H3,(H2,15,19)(H,17,18). The van der Waals surface area contributed by atoms with E-state index in [0.717, 1.165) is 18.1 Å². The van der Waals surface area contributed by atoms with Crippen LogP contribution in [0.15, 0.2) is 18.2 Å². The topological polar surface area (TPSA) is 84.2 Å². The van der Waals surface area contributed by atoms with Gasteiger partial charge in [0.15, 0.2) is 0 Å². The van der Waals surface area contributed by atoms with Crippen LogP contribution >= 0.6 is 11.8 Å². The summed E-state index contributed by atoms with van der Waals surface area (Å²) in [4.78, 5) is 23.3. The van der Waals surface area contributed by atoms with Crippen LogP contribution in [0.4, 0.5) is 5.69 Å². The molecule has 1 aromatic rings. The Kier molecular flexibility index (Phi) is 5.03. The number of hydrogen-bond acceptors (Lipinski definition) is 4. The SMILES string of the molecule is Cc1c(NC(=O)CC2CSCCN2)cccc1C(N)=O. The van der Waals surface area contributed by atoms with Crippen molar-refractivity contribution >= 4 is 29.3 Å². The van der Waals surface area contributed by atoms with Crippen molar-refractivity contribution in [3.05, 3.63) is 29.3 Å². The first kappa shape index (κ1) is 14.9. The van der Waals surface area contributed by atoms with E-state index in [9.17, 15) is 9.59 Å². The van der Waals surface area contributed by atoms with Gasteiger partial charge in [0.25, 0.3) is 0 Å². The summed E-state index contributed by atoms with van der Waals surface area (Å²) in [5, 5.41) is 6.18. The normalized spacial score (nSPS) is 18.6. The van der Waals surface area contributed by atoms with Crippen molar-refractivity contribution in [1.29, 1.82) is 0 Å². The average Bonchev–Trinajstić information content (AvgIpc) is 2.42. The monoisotopic (exact) mass is 293 g/mol. The van der Waals surface area contributed by atoms with Gasteiger partial charge in [0.1, 0.15) is 0 Å². The van der Waals surface area contributed by atoms with Crippen molar-refractivity contribution < 1.29 is 9.59 Å². The fourth-order valence-corrected chi connectivity index (χ4v) is 3.16. The Hall–Kier alpha value is -1.53. The number of nitrogens with two attached hydrogens (primary N) is 1. The van der Waals surface area contributed by atoms with Crippen LogP contribution in [-0.4, -0.2) is 35.9 Å². The minimum atomic E-state index is -0.482. The van der Waals surface area contributed by atoms with E-state index < -0.39 is 5.91 Å². The largest absolute Gasteiger partial charge is 0.366 e. The summed E-state index contributed by atoms with van der Waals surface area (Å²) in [6, 6.07) is 5.38. The fourth-order valence-electron chi connectivity index (χ4n) is 2.21. The molecule has 1 fully saturated rings. The number of anilines is 1. The molecule has 0 saturated carbocycles. The van der Waals surface area contributed by atoms with Crippen molar-refractivity contribution in [2.75, 3.05) is 23.4 Å². The van der Waals surface area contributed by atoms with Gasteiger partial charge in [0, 0.05) is 41.8 Å². The molecular weight excluding hydrogens is 274 g/mol. The highest BCUT2D eigenvalue weighted by Crippen LogP contribution is 2.19. The molecule has 1 atom stereocenters. The number of amides is 2. The van der Waals surface area contributed by atoms with Crippen molar-refractivity contribution in [3.8, 4) is 0 Å². The van der Waals surface area contributed by atoms with Gasteiger partial charge < -0.3 is 16.4 Å². The van der Waals surface area contributed by atoms with Crippen LogP contribution in [-0.2, 0) is 4.79 Å². The zero-order valence-corrected chi connectivity index (χ0v) is 12.3. The third-order valence-corrected chi connectivity index (χ3v) is 4.43. The summed E-state index contributed by atoms with van der Waals surface area (Å²) in [5.74, 6) is 1.52. The molecule has 20 heavy (non-hydrogen) atoms. The first-order valence-electron chi connectivity index (χ1n) is 6.58. The molecule has 0 radical (unpaired) electrons. The minimum Gasteiger partial charge on any atom is -0.366 e. The zero-order chi connectivity index (χ0) is 14.5. The van der Waals surface area contributed by atoms with Gasteiger partial charge >= 0.3 is 0 Å². The summed E-state index contributed by atoms with van der Waals surface area (Å²) in [7, 11) is 0. The van der Waals surface area contributed by atoms with E-state index in [1.54, 1.807) is 25.1 Å². The quantitative estimate of drug-likeness (QED) is 0.777. The molecule has 4 N–H and O–H groups in total. The molecule has 0 bridgehead atoms. The average molecular weight is 293 g/mol. The Bertz CT molecular complexity index is 513. The second kappa shape index (κ2) is 6.76. The Balaban J connectivity index is 2.00. The number of benzene rings is 1. The minimum absolute atomic E-state index is 0.0466. The van der Waals surface area contributed by atoms with Crippen LogP contribution in [0.5, 0.6) is 0 Å². The molecule has 1 heterocycles. The Labute approximate surface area is 122 Å². The highest BCUT2D eigenvalue weighted by molar-refractivity contribution is 7.99. The van der Waals surface area contributed by atoms with E-state index in [2.05, 4.69) is 10.6 Å². The summed E-state index contributed by atoms with van der Waals surface area (Å²) in [5.41, 5.74) is 7.09. The smallest absolute Gasteiger partial charge is 0.249 e. The Morgan fingerprint density at radius 2 is 2.30 bits per heavy atom. The summed E-state index contributed by atoms with van der Waals surface area (Å²) in [6.07, 6.45) is 0.438. The van der Waals surface area contributed by atoms with Crippen molar-refractivity contribution in [3.63, 3.8) is 0 Å². The number of thioether (sulfide) groups is 1. The molecule has 1 aliphatic heterocycles. The molecule has 2 rings (SSSR count). The van der Waals surface area contributed by atoms with Gasteiger partial charge in [-0.25, -0.2) is 0 Å². The molecule has 6 heteroatoms. The molecule has 108 valence electrons. The number of nitrogens with one attached hydrogen (secondary N) is 2. The zero-order valence-electron chi connectivity index (χ0n) is 11.4. The molecule has 1 aromatic carbocycles. The van der Waals surface area contributed by atoms with E-state index in [-0.39, 0.29) is 11.9 Å². The first-order chi connectivity index (χ1) is 9.58. The maximum Gasteiger partial charge on any atom is 0.249 e. The van der Waals surface area contributed by atoms with Crippen LogP contribution in [0, 0.1) is 6.92 Å². The number of rotatable bonds is 4. The molecule has 0 aromatic heterocycles.